The van der Waals surface area contributed by atoms with Gasteiger partial charge in [-0.2, -0.15) is 9.98 Å². The van der Waals surface area contributed by atoms with E-state index in [4.69, 9.17) is 5.26 Å². The van der Waals surface area contributed by atoms with Gasteiger partial charge in [-0.25, -0.2) is 8.42 Å². The van der Waals surface area contributed by atoms with Gasteiger partial charge in [0.05, 0.1) is 11.0 Å². The summed E-state index contributed by atoms with van der Waals surface area (Å²) < 4.78 is 26.8. The zero-order valence-electron chi connectivity index (χ0n) is 11.2. The number of para-hydroxylation sites is 1. The van der Waals surface area contributed by atoms with Crippen LogP contribution in [0.5, 0.6) is 0 Å². The lowest BCUT2D eigenvalue weighted by Crippen LogP contribution is -2.46. The third kappa shape index (κ3) is 3.12. The molecular formula is C12H15N3O4S. The molecule has 20 heavy (non-hydrogen) atoms. The quantitative estimate of drug-likeness (QED) is 0.637. The molecule has 8 heteroatoms. The largest absolute Gasteiger partial charge is 0.289 e. The van der Waals surface area contributed by atoms with Crippen molar-refractivity contribution in [3.63, 3.8) is 0 Å². The number of rotatable bonds is 6. The Bertz CT molecular complexity index is 645. The number of benzene rings is 1. The molecule has 0 aliphatic carbocycles. The van der Waals surface area contributed by atoms with Gasteiger partial charge in [0.2, 0.25) is 10.0 Å². The van der Waals surface area contributed by atoms with Crippen molar-refractivity contribution in [2.45, 2.75) is 37.1 Å². The van der Waals surface area contributed by atoms with E-state index in [0.29, 0.717) is 0 Å². The molecular weight excluding hydrogens is 282 g/mol. The third-order valence-corrected chi connectivity index (χ3v) is 4.69. The van der Waals surface area contributed by atoms with Gasteiger partial charge in [-0.1, -0.05) is 26.0 Å². The number of nitriles is 1. The molecule has 0 saturated heterocycles. The van der Waals surface area contributed by atoms with Crippen LogP contribution in [-0.4, -0.2) is 18.9 Å². The molecule has 0 amide bonds. The smallest absolute Gasteiger partial charge is 0.258 e. The van der Waals surface area contributed by atoms with Gasteiger partial charge in [0.15, 0.2) is 4.90 Å². The van der Waals surface area contributed by atoms with Gasteiger partial charge in [0.25, 0.3) is 5.69 Å². The van der Waals surface area contributed by atoms with Crippen molar-refractivity contribution in [3.8, 4) is 6.07 Å². The lowest BCUT2D eigenvalue weighted by molar-refractivity contribution is -0.387. The third-order valence-electron chi connectivity index (χ3n) is 3.10. The molecule has 108 valence electrons. The Morgan fingerprint density at radius 2 is 1.90 bits per heavy atom. The van der Waals surface area contributed by atoms with Crippen LogP contribution in [0.1, 0.15) is 26.7 Å². The van der Waals surface area contributed by atoms with Crippen molar-refractivity contribution in [1.82, 2.24) is 4.72 Å². The molecule has 7 nitrogen and oxygen atoms in total. The molecule has 0 aromatic heterocycles. The Labute approximate surface area is 117 Å². The van der Waals surface area contributed by atoms with Crippen LogP contribution in [0.15, 0.2) is 29.2 Å². The Morgan fingerprint density at radius 1 is 1.35 bits per heavy atom. The van der Waals surface area contributed by atoms with Gasteiger partial charge >= 0.3 is 0 Å². The van der Waals surface area contributed by atoms with Crippen molar-refractivity contribution < 1.29 is 13.3 Å². The fourth-order valence-electron chi connectivity index (χ4n) is 1.72. The van der Waals surface area contributed by atoms with Crippen LogP contribution in [0, 0.1) is 21.4 Å². The van der Waals surface area contributed by atoms with E-state index in [1.54, 1.807) is 13.8 Å². The molecule has 0 spiro atoms. The molecule has 0 heterocycles. The molecule has 1 N–H and O–H groups in total. The first-order chi connectivity index (χ1) is 9.32. The summed E-state index contributed by atoms with van der Waals surface area (Å²) in [6, 6.07) is 6.97. The molecule has 0 aliphatic rings. The second-order valence-corrected chi connectivity index (χ2v) is 5.88. The second kappa shape index (κ2) is 5.98. The van der Waals surface area contributed by atoms with E-state index in [-0.39, 0.29) is 12.8 Å². The highest BCUT2D eigenvalue weighted by Gasteiger charge is 2.35. The second-order valence-electron chi connectivity index (χ2n) is 4.23. The number of nitrogens with one attached hydrogen (secondary N) is 1. The fourth-order valence-corrected chi connectivity index (χ4v) is 3.36. The molecule has 0 bridgehead atoms. The minimum Gasteiger partial charge on any atom is -0.258 e. The SMILES string of the molecule is CCC(C#N)(CC)NS(=O)(=O)c1ccccc1[N+](=O)[O-]. The maximum atomic E-state index is 12.3. The topological polar surface area (TPSA) is 113 Å². The Hall–Kier alpha value is -1.98. The standard InChI is InChI=1S/C12H15N3O4S/c1-3-12(4-2,9-13)14-20(18,19)11-8-6-5-7-10(11)15(16)17/h5-8,14H,3-4H2,1-2H3. The van der Waals surface area contributed by atoms with E-state index in [1.807, 2.05) is 6.07 Å². The highest BCUT2D eigenvalue weighted by molar-refractivity contribution is 7.89. The van der Waals surface area contributed by atoms with Crippen molar-refractivity contribution in [2.75, 3.05) is 0 Å². The van der Waals surface area contributed by atoms with Gasteiger partial charge in [-0.15, -0.1) is 0 Å². The van der Waals surface area contributed by atoms with Crippen LogP contribution in [-0.2, 0) is 10.0 Å². The van der Waals surface area contributed by atoms with Gasteiger partial charge in [-0.05, 0) is 18.9 Å². The van der Waals surface area contributed by atoms with Crippen LogP contribution in [0.25, 0.3) is 0 Å². The van der Waals surface area contributed by atoms with E-state index < -0.39 is 31.1 Å². The number of nitro benzene ring substituents is 1. The summed E-state index contributed by atoms with van der Waals surface area (Å²) in [6.07, 6.45) is 0.528. The van der Waals surface area contributed by atoms with Crippen molar-refractivity contribution in [2.24, 2.45) is 0 Å². The summed E-state index contributed by atoms with van der Waals surface area (Å²) in [5.41, 5.74) is -1.78. The molecule has 0 saturated carbocycles. The maximum Gasteiger partial charge on any atom is 0.289 e. The lowest BCUT2D eigenvalue weighted by Gasteiger charge is -2.24. The minimum atomic E-state index is -4.14. The van der Waals surface area contributed by atoms with E-state index in [1.165, 1.54) is 12.1 Å². The van der Waals surface area contributed by atoms with Gasteiger partial charge in [0, 0.05) is 6.07 Å². The molecule has 1 aromatic carbocycles. The predicted molar refractivity (Wildman–Crippen MR) is 72.3 cm³/mol. The average molecular weight is 297 g/mol. The van der Waals surface area contributed by atoms with E-state index >= 15 is 0 Å². The lowest BCUT2D eigenvalue weighted by atomic mass is 9.97. The van der Waals surface area contributed by atoms with Gasteiger partial charge in [-0.3, -0.25) is 10.1 Å². The number of hydrogen-bond donors (Lipinski definition) is 1. The Balaban J connectivity index is 3.33. The molecule has 1 rings (SSSR count). The molecule has 1 aromatic rings. The molecule has 0 radical (unpaired) electrons. The van der Waals surface area contributed by atoms with Crippen LogP contribution >= 0.6 is 0 Å². The molecule has 0 unspecified atom stereocenters. The number of nitro groups is 1. The van der Waals surface area contributed by atoms with Crippen molar-refractivity contribution in [1.29, 1.82) is 5.26 Å². The maximum absolute atomic E-state index is 12.3. The van der Waals surface area contributed by atoms with Crippen molar-refractivity contribution in [3.05, 3.63) is 34.4 Å². The van der Waals surface area contributed by atoms with Crippen molar-refractivity contribution >= 4 is 15.7 Å². The Kier molecular flexibility index (Phi) is 4.81. The van der Waals surface area contributed by atoms with Crippen LogP contribution < -0.4 is 4.72 Å². The van der Waals surface area contributed by atoms with E-state index in [2.05, 4.69) is 4.72 Å². The predicted octanol–water partition coefficient (Wildman–Crippen LogP) is 1.96. The first-order valence-electron chi connectivity index (χ1n) is 6.00. The molecule has 0 fully saturated rings. The summed E-state index contributed by atoms with van der Waals surface area (Å²) >= 11 is 0. The van der Waals surface area contributed by atoms with Crippen LogP contribution in [0.4, 0.5) is 5.69 Å². The van der Waals surface area contributed by atoms with Crippen LogP contribution in [0.3, 0.4) is 0 Å². The summed E-state index contributed by atoms with van der Waals surface area (Å²) in [5.74, 6) is 0. The zero-order valence-corrected chi connectivity index (χ0v) is 12.0. The number of hydrogen-bond acceptors (Lipinski definition) is 5. The Morgan fingerprint density at radius 3 is 2.35 bits per heavy atom. The number of sulfonamides is 1. The van der Waals surface area contributed by atoms with Gasteiger partial charge < -0.3 is 0 Å². The zero-order chi connectivity index (χ0) is 15.4. The first kappa shape index (κ1) is 16.1. The molecule has 0 aliphatic heterocycles. The summed E-state index contributed by atoms with van der Waals surface area (Å²) in [4.78, 5) is 9.69. The summed E-state index contributed by atoms with van der Waals surface area (Å²) in [7, 11) is -4.14. The number of nitrogens with zero attached hydrogens (tertiary/aromatic N) is 2. The van der Waals surface area contributed by atoms with E-state index in [9.17, 15) is 18.5 Å². The monoisotopic (exact) mass is 297 g/mol. The summed E-state index contributed by atoms with van der Waals surface area (Å²) in [5, 5.41) is 20.0. The van der Waals surface area contributed by atoms with Crippen LogP contribution in [0.2, 0.25) is 0 Å². The average Bonchev–Trinajstić information content (AvgIpc) is 2.45. The summed E-state index contributed by atoms with van der Waals surface area (Å²) in [6.45, 7) is 3.35. The fraction of sp³-hybridized carbons (Fsp3) is 0.417. The minimum absolute atomic E-state index is 0.264. The molecule has 0 atom stereocenters. The normalized spacial score (nSPS) is 11.8. The highest BCUT2D eigenvalue weighted by Crippen LogP contribution is 2.25. The first-order valence-corrected chi connectivity index (χ1v) is 7.49. The van der Waals surface area contributed by atoms with Gasteiger partial charge in [0.1, 0.15) is 5.54 Å². The van der Waals surface area contributed by atoms with E-state index in [0.717, 1.165) is 12.1 Å². The highest BCUT2D eigenvalue weighted by atomic mass is 32.2.